The summed E-state index contributed by atoms with van der Waals surface area (Å²) in [6.07, 6.45) is 5.08. The molecule has 2 heterocycles. The maximum absolute atomic E-state index is 11.0. The van der Waals surface area contributed by atoms with Gasteiger partial charge in [0.1, 0.15) is 5.56 Å². The molecule has 12 heavy (non-hydrogen) atoms. The molecule has 0 atom stereocenters. The van der Waals surface area contributed by atoms with Crippen molar-refractivity contribution >= 4 is 11.8 Å². The van der Waals surface area contributed by atoms with Crippen LogP contribution in [0, 0.1) is 0 Å². The number of aromatic nitrogens is 3. The highest BCUT2D eigenvalue weighted by Crippen LogP contribution is 1.99. The van der Waals surface area contributed by atoms with Gasteiger partial charge in [0.2, 0.25) is 0 Å². The van der Waals surface area contributed by atoms with E-state index in [4.69, 9.17) is 0 Å². The largest absolute Gasteiger partial charge is 0.298 e. The van der Waals surface area contributed by atoms with Crippen molar-refractivity contribution in [3.8, 4) is 0 Å². The van der Waals surface area contributed by atoms with Gasteiger partial charge in [-0.3, -0.25) is 24.2 Å². The summed E-state index contributed by atoms with van der Waals surface area (Å²) in [4.78, 5) is 25.3. The van der Waals surface area contributed by atoms with E-state index >= 15 is 0 Å². The zero-order chi connectivity index (χ0) is 8.55. The molecule has 0 aliphatic heterocycles. The summed E-state index contributed by atoms with van der Waals surface area (Å²) in [7, 11) is 0. The number of hydrogen-bond donors (Lipinski definition) is 1. The normalized spacial score (nSPS) is 10.3. The third kappa shape index (κ3) is 0.763. The molecule has 0 aliphatic carbocycles. The molecule has 0 radical (unpaired) electrons. The van der Waals surface area contributed by atoms with Crippen molar-refractivity contribution in [3.05, 3.63) is 34.5 Å². The predicted octanol–water partition coefficient (Wildman–Crippen LogP) is -0.165. The average molecular weight is 163 g/mol. The highest BCUT2D eigenvalue weighted by Gasteiger charge is 2.05. The van der Waals surface area contributed by atoms with Gasteiger partial charge < -0.3 is 0 Å². The summed E-state index contributed by atoms with van der Waals surface area (Å²) < 4.78 is 1.46. The maximum atomic E-state index is 11.0. The lowest BCUT2D eigenvalue weighted by Crippen LogP contribution is -2.04. The Bertz CT molecular complexity index is 483. The van der Waals surface area contributed by atoms with Crippen LogP contribution in [0.3, 0.4) is 0 Å². The van der Waals surface area contributed by atoms with Crippen molar-refractivity contribution in [2.75, 3.05) is 0 Å². The van der Waals surface area contributed by atoms with Gasteiger partial charge in [-0.15, -0.1) is 0 Å². The molecule has 0 spiro atoms. The zero-order valence-electron chi connectivity index (χ0n) is 6.02. The van der Waals surface area contributed by atoms with Crippen LogP contribution in [0.2, 0.25) is 0 Å². The Morgan fingerprint density at radius 1 is 1.58 bits per heavy atom. The van der Waals surface area contributed by atoms with Gasteiger partial charge >= 0.3 is 0 Å². The number of H-pyrrole nitrogens is 1. The number of aldehydes is 1. The molecule has 5 nitrogen and oxygen atoms in total. The molecule has 0 fully saturated rings. The minimum atomic E-state index is -0.391. The van der Waals surface area contributed by atoms with E-state index in [0.29, 0.717) is 11.8 Å². The van der Waals surface area contributed by atoms with Crippen LogP contribution in [0.25, 0.3) is 5.52 Å². The first-order chi connectivity index (χ1) is 5.83. The molecule has 0 aliphatic rings. The second kappa shape index (κ2) is 2.30. The highest BCUT2D eigenvalue weighted by atomic mass is 16.1. The quantitative estimate of drug-likeness (QED) is 0.594. The molecule has 0 saturated carbocycles. The Morgan fingerprint density at radius 3 is 3.17 bits per heavy atom. The van der Waals surface area contributed by atoms with Gasteiger partial charge in [-0.05, 0) is 0 Å². The van der Waals surface area contributed by atoms with Crippen LogP contribution in [-0.2, 0) is 0 Å². The fourth-order valence-corrected chi connectivity index (χ4v) is 1.06. The Hall–Kier alpha value is -1.91. The van der Waals surface area contributed by atoms with E-state index in [2.05, 4.69) is 10.1 Å². The number of fused-ring (bicyclic) bond motifs is 1. The van der Waals surface area contributed by atoms with Crippen molar-refractivity contribution in [1.82, 2.24) is 14.6 Å². The van der Waals surface area contributed by atoms with Crippen LogP contribution in [0.5, 0.6) is 0 Å². The van der Waals surface area contributed by atoms with Gasteiger partial charge in [0.05, 0.1) is 11.7 Å². The molecular formula is C7H5N3O2. The van der Waals surface area contributed by atoms with Crippen LogP contribution in [-0.4, -0.2) is 20.9 Å². The Labute approximate surface area is 66.6 Å². The van der Waals surface area contributed by atoms with Gasteiger partial charge in [-0.25, -0.2) is 0 Å². The Morgan fingerprint density at radius 2 is 2.42 bits per heavy atom. The second-order valence-electron chi connectivity index (χ2n) is 2.30. The van der Waals surface area contributed by atoms with Gasteiger partial charge in [-0.2, -0.15) is 0 Å². The SMILES string of the molecule is O=Cc1c(=O)[nH]n2ccncc12. The molecule has 1 N–H and O–H groups in total. The number of hydrogen-bond acceptors (Lipinski definition) is 3. The lowest BCUT2D eigenvalue weighted by molar-refractivity contribution is 0.112. The van der Waals surface area contributed by atoms with Crippen LogP contribution in [0.15, 0.2) is 23.4 Å². The van der Waals surface area contributed by atoms with E-state index in [9.17, 15) is 9.59 Å². The van der Waals surface area contributed by atoms with Gasteiger partial charge in [0.25, 0.3) is 5.56 Å². The lowest BCUT2D eigenvalue weighted by atomic mass is 10.3. The van der Waals surface area contributed by atoms with Crippen LogP contribution in [0.4, 0.5) is 0 Å². The number of carbonyl (C=O) groups excluding carboxylic acids is 1. The fraction of sp³-hybridized carbons (Fsp3) is 0. The van der Waals surface area contributed by atoms with E-state index in [-0.39, 0.29) is 5.56 Å². The van der Waals surface area contributed by atoms with Crippen molar-refractivity contribution in [2.45, 2.75) is 0 Å². The minimum Gasteiger partial charge on any atom is -0.298 e. The Kier molecular flexibility index (Phi) is 1.30. The van der Waals surface area contributed by atoms with E-state index in [0.717, 1.165) is 0 Å². The van der Waals surface area contributed by atoms with E-state index in [1.807, 2.05) is 0 Å². The summed E-state index contributed by atoms with van der Waals surface area (Å²) in [5.41, 5.74) is 0.221. The van der Waals surface area contributed by atoms with Crippen molar-refractivity contribution < 1.29 is 4.79 Å². The fourth-order valence-electron chi connectivity index (χ4n) is 1.06. The smallest absolute Gasteiger partial charge is 0.275 e. The van der Waals surface area contributed by atoms with Crippen molar-refractivity contribution in [3.63, 3.8) is 0 Å². The van der Waals surface area contributed by atoms with Gasteiger partial charge in [0, 0.05) is 12.4 Å². The number of aromatic amines is 1. The summed E-state index contributed by atoms with van der Waals surface area (Å²) in [5, 5.41) is 2.47. The number of rotatable bonds is 1. The van der Waals surface area contributed by atoms with E-state index in [1.165, 1.54) is 16.9 Å². The van der Waals surface area contributed by atoms with Crippen LogP contribution >= 0.6 is 0 Å². The molecule has 0 amide bonds. The van der Waals surface area contributed by atoms with Gasteiger partial charge in [-0.1, -0.05) is 0 Å². The van der Waals surface area contributed by atoms with Gasteiger partial charge in [0.15, 0.2) is 6.29 Å². The molecule has 2 rings (SSSR count). The molecule has 0 unspecified atom stereocenters. The summed E-state index contributed by atoms with van der Waals surface area (Å²) in [6.45, 7) is 0. The zero-order valence-corrected chi connectivity index (χ0v) is 6.02. The third-order valence-electron chi connectivity index (χ3n) is 1.62. The molecule has 0 aromatic carbocycles. The van der Waals surface area contributed by atoms with E-state index < -0.39 is 5.56 Å². The molecule has 60 valence electrons. The number of nitrogens with one attached hydrogen (secondary N) is 1. The molecular weight excluding hydrogens is 158 g/mol. The number of carbonyl (C=O) groups is 1. The third-order valence-corrected chi connectivity index (χ3v) is 1.62. The molecule has 0 saturated heterocycles. The summed E-state index contributed by atoms with van der Waals surface area (Å²) in [6, 6.07) is 0. The topological polar surface area (TPSA) is 67.2 Å². The highest BCUT2D eigenvalue weighted by molar-refractivity contribution is 5.84. The summed E-state index contributed by atoms with van der Waals surface area (Å²) in [5.74, 6) is 0. The Balaban J connectivity index is 3.00. The predicted molar refractivity (Wildman–Crippen MR) is 41.2 cm³/mol. The molecule has 2 aromatic rings. The van der Waals surface area contributed by atoms with Crippen LogP contribution < -0.4 is 5.56 Å². The molecule has 2 aromatic heterocycles. The first-order valence-corrected chi connectivity index (χ1v) is 3.32. The van der Waals surface area contributed by atoms with E-state index in [1.54, 1.807) is 6.20 Å². The number of nitrogens with zero attached hydrogens (tertiary/aromatic N) is 2. The van der Waals surface area contributed by atoms with Crippen molar-refractivity contribution in [2.24, 2.45) is 0 Å². The van der Waals surface area contributed by atoms with Crippen molar-refractivity contribution in [1.29, 1.82) is 0 Å². The molecule has 0 bridgehead atoms. The first kappa shape index (κ1) is 6.78. The maximum Gasteiger partial charge on any atom is 0.275 e. The molecule has 5 heteroatoms. The average Bonchev–Trinajstić information content (AvgIpc) is 2.40. The summed E-state index contributed by atoms with van der Waals surface area (Å²) >= 11 is 0. The second-order valence-corrected chi connectivity index (χ2v) is 2.30. The van der Waals surface area contributed by atoms with Crippen LogP contribution in [0.1, 0.15) is 10.4 Å². The monoisotopic (exact) mass is 163 g/mol. The lowest BCUT2D eigenvalue weighted by Gasteiger charge is -1.89. The standard InChI is InChI=1S/C7H5N3O2/c11-4-5-6-3-8-1-2-10(6)9-7(5)12/h1-4H,(H,9,12). The first-order valence-electron chi connectivity index (χ1n) is 3.32. The minimum absolute atomic E-state index is 0.114.